The normalized spacial score (nSPS) is 13.3. The number of rotatable bonds is 9. The molecule has 4 aromatic carbocycles. The number of alkyl halides is 3. The third kappa shape index (κ3) is 7.48. The number of benzene rings is 4. The smallest absolute Gasteiger partial charge is 0.416 e. The van der Waals surface area contributed by atoms with E-state index in [2.05, 4.69) is 75.4 Å². The van der Waals surface area contributed by atoms with E-state index < -0.39 is 20.1 Å². The fourth-order valence-corrected chi connectivity index (χ4v) is 6.51. The summed E-state index contributed by atoms with van der Waals surface area (Å²) in [7, 11) is -2.31. The zero-order valence-electron chi connectivity index (χ0n) is 23.7. The summed E-state index contributed by atoms with van der Waals surface area (Å²) in [5, 5.41) is 0.0337. The fraction of sp³-hybridized carbons (Fsp3) is 0.294. The first-order valence-electron chi connectivity index (χ1n) is 13.5. The first kappa shape index (κ1) is 30.2. The van der Waals surface area contributed by atoms with Gasteiger partial charge in [0, 0.05) is 10.1 Å². The number of thioether (sulfide) groups is 1. The van der Waals surface area contributed by atoms with Crippen LogP contribution in [0, 0.1) is 6.92 Å². The van der Waals surface area contributed by atoms with Gasteiger partial charge in [0.25, 0.3) is 0 Å². The molecule has 0 saturated carbocycles. The zero-order chi connectivity index (χ0) is 29.1. The molecule has 0 aliphatic carbocycles. The standard InChI is InChI=1S/C34H37F3OSSi/c1-24-21-31(20-17-29(24)23-33(2,3)40(4,5)38)39-32(22-25-9-7-6-8-10-25)28-13-11-26(12-14-28)27-15-18-30(19-16-27)34(35,36)37/h6-21,32,38H,22-23H2,1-5H3. The van der Waals surface area contributed by atoms with Crippen LogP contribution in [-0.4, -0.2) is 13.1 Å². The van der Waals surface area contributed by atoms with Gasteiger partial charge < -0.3 is 4.80 Å². The predicted molar refractivity (Wildman–Crippen MR) is 164 cm³/mol. The molecule has 1 N–H and O–H groups in total. The molecule has 6 heteroatoms. The van der Waals surface area contributed by atoms with Crippen LogP contribution >= 0.6 is 11.8 Å². The lowest BCUT2D eigenvalue weighted by Gasteiger charge is -2.35. The molecular weight excluding hydrogens is 542 g/mol. The Kier molecular flexibility index (Phi) is 9.03. The highest BCUT2D eigenvalue weighted by atomic mass is 32.2. The molecule has 40 heavy (non-hydrogen) atoms. The Labute approximate surface area is 241 Å². The van der Waals surface area contributed by atoms with Gasteiger partial charge in [-0.05, 0) is 95.5 Å². The first-order valence-corrected chi connectivity index (χ1v) is 17.4. The summed E-state index contributed by atoms with van der Waals surface area (Å²) in [6.07, 6.45) is -2.64. The summed E-state index contributed by atoms with van der Waals surface area (Å²) < 4.78 is 38.9. The minimum atomic E-state index is -4.34. The Morgan fingerprint density at radius 1 is 0.800 bits per heavy atom. The van der Waals surface area contributed by atoms with E-state index in [1.807, 2.05) is 43.1 Å². The number of hydrogen-bond acceptors (Lipinski definition) is 2. The van der Waals surface area contributed by atoms with Crippen molar-refractivity contribution in [3.05, 3.63) is 125 Å². The van der Waals surface area contributed by atoms with Gasteiger partial charge in [0.2, 0.25) is 0 Å². The second-order valence-corrected chi connectivity index (χ2v) is 17.4. The van der Waals surface area contributed by atoms with E-state index in [9.17, 15) is 18.0 Å². The highest BCUT2D eigenvalue weighted by Gasteiger charge is 2.38. The minimum absolute atomic E-state index is 0.128. The van der Waals surface area contributed by atoms with E-state index in [1.54, 1.807) is 0 Å². The van der Waals surface area contributed by atoms with Crippen LogP contribution in [0.15, 0.2) is 102 Å². The zero-order valence-corrected chi connectivity index (χ0v) is 25.5. The van der Waals surface area contributed by atoms with Crippen molar-refractivity contribution in [1.29, 1.82) is 0 Å². The predicted octanol–water partition coefficient (Wildman–Crippen LogP) is 10.3. The summed E-state index contributed by atoms with van der Waals surface area (Å²) in [4.78, 5) is 12.0. The van der Waals surface area contributed by atoms with Crippen LogP contribution in [0.25, 0.3) is 11.1 Å². The summed E-state index contributed by atoms with van der Waals surface area (Å²) in [5.41, 5.74) is 5.92. The summed E-state index contributed by atoms with van der Waals surface area (Å²) >= 11 is 1.82. The molecular formula is C34H37F3OSSi. The molecule has 0 aliphatic heterocycles. The molecule has 0 fully saturated rings. The van der Waals surface area contributed by atoms with Gasteiger partial charge in [-0.25, -0.2) is 0 Å². The molecule has 1 unspecified atom stereocenters. The number of halogens is 3. The molecule has 0 amide bonds. The van der Waals surface area contributed by atoms with E-state index in [1.165, 1.54) is 39.3 Å². The maximum Gasteiger partial charge on any atom is 0.416 e. The Balaban J connectivity index is 1.58. The second-order valence-electron chi connectivity index (χ2n) is 11.7. The van der Waals surface area contributed by atoms with Crippen LogP contribution in [-0.2, 0) is 19.0 Å². The number of hydrogen-bond donors (Lipinski definition) is 1. The average Bonchev–Trinajstić information content (AvgIpc) is 2.89. The lowest BCUT2D eigenvalue weighted by Crippen LogP contribution is -2.40. The molecule has 4 aromatic rings. The third-order valence-electron chi connectivity index (χ3n) is 7.97. The fourth-order valence-electron chi connectivity index (χ4n) is 4.59. The Hall–Kier alpha value is -2.80. The molecule has 0 aromatic heterocycles. The van der Waals surface area contributed by atoms with Crippen LogP contribution in [0.2, 0.25) is 18.1 Å². The van der Waals surface area contributed by atoms with Gasteiger partial charge in [0.15, 0.2) is 8.32 Å². The summed E-state index contributed by atoms with van der Waals surface area (Å²) in [5.74, 6) is 0. The lowest BCUT2D eigenvalue weighted by molar-refractivity contribution is -0.137. The van der Waals surface area contributed by atoms with Crippen molar-refractivity contribution in [1.82, 2.24) is 0 Å². The lowest BCUT2D eigenvalue weighted by atomic mass is 9.98. The topological polar surface area (TPSA) is 20.2 Å². The molecule has 0 spiro atoms. The highest BCUT2D eigenvalue weighted by molar-refractivity contribution is 7.99. The van der Waals surface area contributed by atoms with Gasteiger partial charge in [-0.3, -0.25) is 0 Å². The molecule has 1 atom stereocenters. The van der Waals surface area contributed by atoms with E-state index in [4.69, 9.17) is 0 Å². The number of aryl methyl sites for hydroxylation is 1. The van der Waals surface area contributed by atoms with Crippen LogP contribution in [0.3, 0.4) is 0 Å². The van der Waals surface area contributed by atoms with Crippen LogP contribution in [0.1, 0.15) is 46.9 Å². The molecule has 4 rings (SSSR count). The first-order chi connectivity index (χ1) is 18.7. The summed E-state index contributed by atoms with van der Waals surface area (Å²) in [6.45, 7) is 10.5. The summed E-state index contributed by atoms with van der Waals surface area (Å²) in [6, 6.07) is 30.5. The van der Waals surface area contributed by atoms with Gasteiger partial charge in [0.05, 0.1) is 5.56 Å². The monoisotopic (exact) mass is 578 g/mol. The Morgan fingerprint density at radius 2 is 1.38 bits per heavy atom. The molecule has 210 valence electrons. The van der Waals surface area contributed by atoms with Crippen LogP contribution in [0.4, 0.5) is 13.2 Å². The molecule has 0 heterocycles. The van der Waals surface area contributed by atoms with Gasteiger partial charge >= 0.3 is 6.18 Å². The minimum Gasteiger partial charge on any atom is -0.432 e. The van der Waals surface area contributed by atoms with Gasteiger partial charge in [-0.1, -0.05) is 86.6 Å². The SMILES string of the molecule is Cc1cc(SC(Cc2ccccc2)c2ccc(-c3ccc(C(F)(F)F)cc3)cc2)ccc1CC(C)(C)[Si](C)(C)O. The molecule has 0 aliphatic rings. The molecule has 0 saturated heterocycles. The average molecular weight is 579 g/mol. The highest BCUT2D eigenvalue weighted by Crippen LogP contribution is 2.42. The second kappa shape index (κ2) is 12.0. The van der Waals surface area contributed by atoms with Crippen molar-refractivity contribution in [3.8, 4) is 11.1 Å². The van der Waals surface area contributed by atoms with Gasteiger partial charge in [0.1, 0.15) is 0 Å². The van der Waals surface area contributed by atoms with Gasteiger partial charge in [-0.2, -0.15) is 13.2 Å². The van der Waals surface area contributed by atoms with E-state index in [0.29, 0.717) is 0 Å². The van der Waals surface area contributed by atoms with Crippen molar-refractivity contribution in [3.63, 3.8) is 0 Å². The maximum absolute atomic E-state index is 13.0. The van der Waals surface area contributed by atoms with Crippen molar-refractivity contribution in [2.75, 3.05) is 0 Å². The van der Waals surface area contributed by atoms with E-state index in [-0.39, 0.29) is 10.3 Å². The Bertz CT molecular complexity index is 1410. The van der Waals surface area contributed by atoms with Crippen LogP contribution in [0.5, 0.6) is 0 Å². The molecule has 0 bridgehead atoms. The Morgan fingerprint density at radius 3 is 1.90 bits per heavy atom. The van der Waals surface area contributed by atoms with Crippen molar-refractivity contribution >= 4 is 20.1 Å². The van der Waals surface area contributed by atoms with Gasteiger partial charge in [-0.15, -0.1) is 11.8 Å². The maximum atomic E-state index is 13.0. The molecule has 0 radical (unpaired) electrons. The van der Waals surface area contributed by atoms with Crippen LogP contribution < -0.4 is 0 Å². The van der Waals surface area contributed by atoms with Crippen molar-refractivity contribution < 1.29 is 18.0 Å². The van der Waals surface area contributed by atoms with E-state index in [0.717, 1.165) is 36.1 Å². The quantitative estimate of drug-likeness (QED) is 0.157. The third-order valence-corrected chi connectivity index (χ3v) is 12.7. The van der Waals surface area contributed by atoms with E-state index >= 15 is 0 Å². The van der Waals surface area contributed by atoms with Crippen molar-refractivity contribution in [2.24, 2.45) is 0 Å². The van der Waals surface area contributed by atoms with Crippen molar-refractivity contribution in [2.45, 2.75) is 68.1 Å². The molecule has 1 nitrogen and oxygen atoms in total. The largest absolute Gasteiger partial charge is 0.432 e.